The third-order valence-corrected chi connectivity index (χ3v) is 2.68. The predicted octanol–water partition coefficient (Wildman–Crippen LogP) is 3.62. The highest BCUT2D eigenvalue weighted by Gasteiger charge is 2.19. The van der Waals surface area contributed by atoms with Gasteiger partial charge in [0.1, 0.15) is 0 Å². The van der Waals surface area contributed by atoms with Gasteiger partial charge in [0.25, 0.3) is 0 Å². The summed E-state index contributed by atoms with van der Waals surface area (Å²) in [7, 11) is 0. The van der Waals surface area contributed by atoms with Gasteiger partial charge < -0.3 is 9.47 Å². The number of benzene rings is 1. The van der Waals surface area contributed by atoms with Crippen molar-refractivity contribution >= 4 is 11.9 Å². The van der Waals surface area contributed by atoms with E-state index in [1.807, 2.05) is 20.8 Å². The van der Waals surface area contributed by atoms with Crippen LogP contribution in [0.25, 0.3) is 0 Å². The van der Waals surface area contributed by atoms with Gasteiger partial charge in [-0.05, 0) is 25.0 Å². The second-order valence-corrected chi connectivity index (χ2v) is 5.38. The molecule has 0 aliphatic heterocycles. The number of carbonyl (C=O) groups excluding carboxylic acids is 2. The third-order valence-electron chi connectivity index (χ3n) is 2.68. The molecule has 0 fully saturated rings. The smallest absolute Gasteiger partial charge is 0.339 e. The molecule has 0 spiro atoms. The Hall–Kier alpha value is -2.10. The van der Waals surface area contributed by atoms with E-state index in [0.29, 0.717) is 13.0 Å². The number of hydrogen-bond donors (Lipinski definition) is 0. The maximum absolute atomic E-state index is 12.0. The first-order valence-corrected chi connectivity index (χ1v) is 6.99. The summed E-state index contributed by atoms with van der Waals surface area (Å²) in [6.45, 7) is 10.1. The molecule has 0 aliphatic rings. The fraction of sp³-hybridized carbons (Fsp3) is 0.412. The SMILES string of the molecule is C=C(C)CCOC(=O)c1ccccc1C(=O)OCC(C)C. The molecule has 1 rings (SSSR count). The lowest BCUT2D eigenvalue weighted by Crippen LogP contribution is -2.16. The molecule has 1 aromatic carbocycles. The largest absolute Gasteiger partial charge is 0.462 e. The minimum Gasteiger partial charge on any atom is -0.462 e. The van der Waals surface area contributed by atoms with E-state index in [4.69, 9.17) is 9.47 Å². The zero-order valence-electron chi connectivity index (χ0n) is 12.8. The van der Waals surface area contributed by atoms with Gasteiger partial charge in [-0.15, -0.1) is 6.58 Å². The van der Waals surface area contributed by atoms with Crippen molar-refractivity contribution in [3.8, 4) is 0 Å². The fourth-order valence-corrected chi connectivity index (χ4v) is 1.55. The third kappa shape index (κ3) is 5.81. The van der Waals surface area contributed by atoms with Crippen LogP contribution in [0.4, 0.5) is 0 Å². The number of ether oxygens (including phenoxy) is 2. The van der Waals surface area contributed by atoms with E-state index in [2.05, 4.69) is 6.58 Å². The lowest BCUT2D eigenvalue weighted by Gasteiger charge is -2.11. The van der Waals surface area contributed by atoms with Crippen molar-refractivity contribution in [3.63, 3.8) is 0 Å². The van der Waals surface area contributed by atoms with Gasteiger partial charge in [-0.1, -0.05) is 31.6 Å². The van der Waals surface area contributed by atoms with E-state index in [0.717, 1.165) is 5.57 Å². The zero-order valence-corrected chi connectivity index (χ0v) is 12.8. The van der Waals surface area contributed by atoms with E-state index in [1.54, 1.807) is 24.3 Å². The van der Waals surface area contributed by atoms with Crippen LogP contribution in [0.3, 0.4) is 0 Å². The number of carbonyl (C=O) groups is 2. The highest BCUT2D eigenvalue weighted by Crippen LogP contribution is 2.13. The van der Waals surface area contributed by atoms with Gasteiger partial charge in [0.05, 0.1) is 24.3 Å². The molecule has 21 heavy (non-hydrogen) atoms. The highest BCUT2D eigenvalue weighted by molar-refractivity contribution is 6.03. The minimum atomic E-state index is -0.520. The van der Waals surface area contributed by atoms with Crippen molar-refractivity contribution in [2.24, 2.45) is 5.92 Å². The lowest BCUT2D eigenvalue weighted by molar-refractivity contribution is 0.0431. The average molecular weight is 290 g/mol. The maximum Gasteiger partial charge on any atom is 0.339 e. The van der Waals surface area contributed by atoms with Crippen molar-refractivity contribution < 1.29 is 19.1 Å². The summed E-state index contributed by atoms with van der Waals surface area (Å²) in [5.41, 5.74) is 1.40. The van der Waals surface area contributed by atoms with Gasteiger partial charge in [-0.2, -0.15) is 0 Å². The minimum absolute atomic E-state index is 0.230. The van der Waals surface area contributed by atoms with Crippen LogP contribution in [0, 0.1) is 5.92 Å². The molecular weight excluding hydrogens is 268 g/mol. The molecule has 0 aliphatic carbocycles. The maximum atomic E-state index is 12.0. The molecule has 0 saturated carbocycles. The van der Waals surface area contributed by atoms with Gasteiger partial charge in [-0.25, -0.2) is 9.59 Å². The van der Waals surface area contributed by atoms with Gasteiger partial charge in [0, 0.05) is 6.42 Å². The van der Waals surface area contributed by atoms with Crippen LogP contribution in [0.2, 0.25) is 0 Å². The monoisotopic (exact) mass is 290 g/mol. The number of esters is 2. The molecular formula is C17H22O4. The Bertz CT molecular complexity index is 517. The summed E-state index contributed by atoms with van der Waals surface area (Å²) in [4.78, 5) is 24.0. The highest BCUT2D eigenvalue weighted by atomic mass is 16.5. The molecule has 0 saturated heterocycles. The molecule has 4 heteroatoms. The van der Waals surface area contributed by atoms with Crippen LogP contribution in [0.1, 0.15) is 47.9 Å². The Kier molecular flexibility index (Phi) is 6.66. The molecule has 4 nitrogen and oxygen atoms in total. The molecule has 0 atom stereocenters. The Balaban J connectivity index is 2.76. The van der Waals surface area contributed by atoms with Crippen molar-refractivity contribution in [1.82, 2.24) is 0 Å². The summed E-state index contributed by atoms with van der Waals surface area (Å²) < 4.78 is 10.3. The Morgan fingerprint density at radius 1 is 1.10 bits per heavy atom. The topological polar surface area (TPSA) is 52.6 Å². The normalized spacial score (nSPS) is 10.3. The molecule has 0 amide bonds. The van der Waals surface area contributed by atoms with Crippen LogP contribution in [-0.2, 0) is 9.47 Å². The van der Waals surface area contributed by atoms with Crippen molar-refractivity contribution in [3.05, 3.63) is 47.5 Å². The summed E-state index contributed by atoms with van der Waals surface area (Å²) in [6.07, 6.45) is 0.603. The standard InChI is InChI=1S/C17H22O4/c1-12(2)9-10-20-16(18)14-7-5-6-8-15(14)17(19)21-11-13(3)4/h5-8,13H,1,9-11H2,2-4H3. The van der Waals surface area contributed by atoms with E-state index in [9.17, 15) is 9.59 Å². The van der Waals surface area contributed by atoms with Gasteiger partial charge in [0.2, 0.25) is 0 Å². The quantitative estimate of drug-likeness (QED) is 0.568. The van der Waals surface area contributed by atoms with Crippen molar-refractivity contribution in [1.29, 1.82) is 0 Å². The average Bonchev–Trinajstić information content (AvgIpc) is 2.44. The summed E-state index contributed by atoms with van der Waals surface area (Å²) >= 11 is 0. The van der Waals surface area contributed by atoms with Crippen LogP contribution < -0.4 is 0 Å². The molecule has 0 unspecified atom stereocenters. The number of hydrogen-bond acceptors (Lipinski definition) is 4. The lowest BCUT2D eigenvalue weighted by atomic mass is 10.1. The van der Waals surface area contributed by atoms with E-state index in [-0.39, 0.29) is 23.7 Å². The molecule has 0 bridgehead atoms. The van der Waals surface area contributed by atoms with Crippen LogP contribution >= 0.6 is 0 Å². The predicted molar refractivity (Wildman–Crippen MR) is 81.3 cm³/mol. The van der Waals surface area contributed by atoms with E-state index < -0.39 is 11.9 Å². The van der Waals surface area contributed by atoms with Crippen LogP contribution in [0.5, 0.6) is 0 Å². The van der Waals surface area contributed by atoms with Gasteiger partial charge >= 0.3 is 11.9 Å². The van der Waals surface area contributed by atoms with Crippen molar-refractivity contribution in [2.75, 3.05) is 13.2 Å². The summed E-state index contributed by atoms with van der Waals surface area (Å²) in [6, 6.07) is 6.51. The Morgan fingerprint density at radius 2 is 1.62 bits per heavy atom. The zero-order chi connectivity index (χ0) is 15.8. The van der Waals surface area contributed by atoms with E-state index in [1.165, 1.54) is 0 Å². The first kappa shape index (κ1) is 17.0. The second kappa shape index (κ2) is 8.25. The molecule has 0 radical (unpaired) electrons. The first-order valence-electron chi connectivity index (χ1n) is 6.99. The van der Waals surface area contributed by atoms with Crippen molar-refractivity contribution in [2.45, 2.75) is 27.2 Å². The fourth-order valence-electron chi connectivity index (χ4n) is 1.55. The van der Waals surface area contributed by atoms with Crippen LogP contribution in [0.15, 0.2) is 36.4 Å². The Morgan fingerprint density at radius 3 is 2.10 bits per heavy atom. The van der Waals surface area contributed by atoms with Gasteiger partial charge in [-0.3, -0.25) is 0 Å². The molecule has 0 heterocycles. The van der Waals surface area contributed by atoms with Gasteiger partial charge in [0.15, 0.2) is 0 Å². The molecule has 1 aromatic rings. The summed E-state index contributed by atoms with van der Waals surface area (Å²) in [5.74, 6) is -0.784. The summed E-state index contributed by atoms with van der Waals surface area (Å²) in [5, 5.41) is 0. The first-order chi connectivity index (χ1) is 9.91. The molecule has 0 aromatic heterocycles. The Labute approximate surface area is 125 Å². The second-order valence-electron chi connectivity index (χ2n) is 5.38. The molecule has 114 valence electrons. The number of rotatable bonds is 7. The van der Waals surface area contributed by atoms with Crippen LogP contribution in [-0.4, -0.2) is 25.2 Å². The molecule has 0 N–H and O–H groups in total. The van der Waals surface area contributed by atoms with E-state index >= 15 is 0 Å².